The molecule has 10 heteroatoms. The summed E-state index contributed by atoms with van der Waals surface area (Å²) in [5.74, 6) is 0.683. The van der Waals surface area contributed by atoms with Gasteiger partial charge in [0.25, 0.3) is 5.91 Å². The van der Waals surface area contributed by atoms with Crippen LogP contribution in [-0.4, -0.2) is 47.3 Å². The van der Waals surface area contributed by atoms with Gasteiger partial charge in [-0.2, -0.15) is 5.21 Å². The average molecular weight is 490 g/mol. The topological polar surface area (TPSA) is 117 Å². The summed E-state index contributed by atoms with van der Waals surface area (Å²) in [7, 11) is 0. The third-order valence-corrected chi connectivity index (χ3v) is 7.13. The molecule has 0 spiro atoms. The first-order valence-electron chi connectivity index (χ1n) is 11.0. The molecule has 0 unspecified atom stereocenters. The molecule has 0 saturated carbocycles. The number of thioether (sulfide) groups is 1. The van der Waals surface area contributed by atoms with Crippen LogP contribution in [0.1, 0.15) is 30.7 Å². The summed E-state index contributed by atoms with van der Waals surface area (Å²) in [6, 6.07) is 14.2. The summed E-state index contributed by atoms with van der Waals surface area (Å²) in [4.78, 5) is 18.5. The van der Waals surface area contributed by atoms with Crippen LogP contribution in [0.4, 0.5) is 5.69 Å². The van der Waals surface area contributed by atoms with Crippen molar-refractivity contribution in [3.63, 3.8) is 0 Å². The smallest absolute Gasteiger partial charge is 0.266 e. The van der Waals surface area contributed by atoms with Gasteiger partial charge in [0.1, 0.15) is 4.32 Å². The number of rotatable bonds is 8. The van der Waals surface area contributed by atoms with E-state index < -0.39 is 0 Å². The van der Waals surface area contributed by atoms with Gasteiger partial charge in [-0.3, -0.25) is 9.69 Å². The molecule has 1 fully saturated rings. The lowest BCUT2D eigenvalue weighted by Crippen LogP contribution is -2.29. The van der Waals surface area contributed by atoms with E-state index in [1.165, 1.54) is 11.8 Å². The third-order valence-electron chi connectivity index (χ3n) is 5.75. The number of tetrazole rings is 1. The number of nitrogen functional groups attached to an aromatic ring is 1. The van der Waals surface area contributed by atoms with E-state index in [9.17, 15) is 4.79 Å². The van der Waals surface area contributed by atoms with E-state index in [2.05, 4.69) is 37.7 Å². The maximum Gasteiger partial charge on any atom is 0.266 e. The predicted molar refractivity (Wildman–Crippen MR) is 140 cm³/mol. The van der Waals surface area contributed by atoms with Gasteiger partial charge < -0.3 is 10.7 Å². The number of benzene rings is 2. The molecule has 34 heavy (non-hydrogen) atoms. The zero-order valence-electron chi connectivity index (χ0n) is 18.3. The third kappa shape index (κ3) is 4.73. The van der Waals surface area contributed by atoms with Gasteiger partial charge in [-0.25, -0.2) is 0 Å². The number of aromatic nitrogens is 5. The van der Waals surface area contributed by atoms with Crippen LogP contribution in [0.3, 0.4) is 0 Å². The number of H-pyrrole nitrogens is 2. The van der Waals surface area contributed by atoms with Crippen molar-refractivity contribution < 1.29 is 4.79 Å². The number of amides is 1. The number of anilines is 1. The molecule has 4 N–H and O–H groups in total. The van der Waals surface area contributed by atoms with E-state index in [0.29, 0.717) is 27.3 Å². The SMILES string of the molecule is Nc1cc(-c2cccc(/C=C3\SC(=S)N(CCCCCc4nn[nH]n4)C3=O)c2)cc2cc[nH]c12. The molecule has 2 aromatic heterocycles. The van der Waals surface area contributed by atoms with Crippen molar-refractivity contribution >= 4 is 56.9 Å². The summed E-state index contributed by atoms with van der Waals surface area (Å²) >= 11 is 6.84. The van der Waals surface area contributed by atoms with Crippen LogP contribution in [0, 0.1) is 0 Å². The summed E-state index contributed by atoms with van der Waals surface area (Å²) in [6.07, 6.45) is 7.34. The fourth-order valence-corrected chi connectivity index (χ4v) is 5.35. The van der Waals surface area contributed by atoms with Crippen molar-refractivity contribution in [1.82, 2.24) is 30.5 Å². The second kappa shape index (κ2) is 9.78. The van der Waals surface area contributed by atoms with E-state index in [1.54, 1.807) is 4.90 Å². The molecular formula is C24H23N7OS2. The Kier molecular flexibility index (Phi) is 6.41. The highest BCUT2D eigenvalue weighted by atomic mass is 32.2. The number of aromatic amines is 2. The fourth-order valence-electron chi connectivity index (χ4n) is 4.04. The van der Waals surface area contributed by atoms with E-state index in [4.69, 9.17) is 18.0 Å². The molecule has 0 bridgehead atoms. The lowest BCUT2D eigenvalue weighted by molar-refractivity contribution is -0.122. The Morgan fingerprint density at radius 3 is 2.88 bits per heavy atom. The Bertz CT molecular complexity index is 1380. The Morgan fingerprint density at radius 1 is 1.12 bits per heavy atom. The van der Waals surface area contributed by atoms with Gasteiger partial charge in [0.15, 0.2) is 5.82 Å². The lowest BCUT2D eigenvalue weighted by atomic mass is 10.0. The molecule has 1 saturated heterocycles. The Morgan fingerprint density at radius 2 is 2.03 bits per heavy atom. The molecule has 8 nitrogen and oxygen atoms in total. The molecule has 1 aliphatic heterocycles. The largest absolute Gasteiger partial charge is 0.397 e. The highest BCUT2D eigenvalue weighted by molar-refractivity contribution is 8.26. The summed E-state index contributed by atoms with van der Waals surface area (Å²) in [6.45, 7) is 0.615. The highest BCUT2D eigenvalue weighted by Gasteiger charge is 2.31. The molecule has 1 aliphatic rings. The van der Waals surface area contributed by atoms with Crippen LogP contribution in [0.15, 0.2) is 53.6 Å². The number of carbonyl (C=O) groups excluding carboxylic acids is 1. The van der Waals surface area contributed by atoms with Crippen LogP contribution in [0.25, 0.3) is 28.1 Å². The minimum atomic E-state index is -0.0310. The predicted octanol–water partition coefficient (Wildman–Crippen LogP) is 4.54. The number of unbranched alkanes of at least 4 members (excludes halogenated alkanes) is 2. The molecule has 0 aliphatic carbocycles. The van der Waals surface area contributed by atoms with Gasteiger partial charge in [-0.1, -0.05) is 53.8 Å². The second-order valence-electron chi connectivity index (χ2n) is 8.10. The zero-order chi connectivity index (χ0) is 23.5. The summed E-state index contributed by atoms with van der Waals surface area (Å²) < 4.78 is 0.608. The van der Waals surface area contributed by atoms with Crippen molar-refractivity contribution in [2.24, 2.45) is 0 Å². The maximum atomic E-state index is 13.0. The quantitative estimate of drug-likeness (QED) is 0.144. The van der Waals surface area contributed by atoms with E-state index >= 15 is 0 Å². The molecule has 1 amide bonds. The Balaban J connectivity index is 1.25. The zero-order valence-corrected chi connectivity index (χ0v) is 20.0. The van der Waals surface area contributed by atoms with Crippen LogP contribution < -0.4 is 5.73 Å². The lowest BCUT2D eigenvalue weighted by Gasteiger charge is -2.13. The van der Waals surface area contributed by atoms with E-state index in [-0.39, 0.29) is 5.91 Å². The fraction of sp³-hybridized carbons (Fsp3) is 0.208. The van der Waals surface area contributed by atoms with Gasteiger partial charge in [0.05, 0.1) is 16.1 Å². The van der Waals surface area contributed by atoms with Crippen LogP contribution >= 0.6 is 24.0 Å². The van der Waals surface area contributed by atoms with Crippen molar-refractivity contribution in [2.45, 2.75) is 25.7 Å². The monoisotopic (exact) mass is 489 g/mol. The maximum absolute atomic E-state index is 13.0. The summed E-state index contributed by atoms with van der Waals surface area (Å²) in [5, 5.41) is 15.0. The van der Waals surface area contributed by atoms with Crippen molar-refractivity contribution in [3.05, 3.63) is 65.0 Å². The molecule has 0 radical (unpaired) electrons. The first-order valence-corrected chi connectivity index (χ1v) is 12.3. The molecule has 4 aromatic rings. The van der Waals surface area contributed by atoms with Gasteiger partial charge in [0, 0.05) is 24.5 Å². The molecule has 5 rings (SSSR count). The average Bonchev–Trinajstić information content (AvgIpc) is 3.57. The second-order valence-corrected chi connectivity index (χ2v) is 9.78. The van der Waals surface area contributed by atoms with Gasteiger partial charge in [-0.15, -0.1) is 10.2 Å². The standard InChI is InChI=1S/C24H23N7OS2/c25-19-14-18(13-17-8-9-26-22(17)19)16-6-4-5-15(11-16)12-20-23(32)31(24(33)34-20)10-3-1-2-7-21-27-29-30-28-21/h4-6,8-9,11-14,26H,1-3,7,10,25H2,(H,27,28,29,30)/b20-12-. The van der Waals surface area contributed by atoms with E-state index in [1.807, 2.05) is 42.6 Å². The van der Waals surface area contributed by atoms with Crippen molar-refractivity contribution in [2.75, 3.05) is 12.3 Å². The minimum Gasteiger partial charge on any atom is -0.397 e. The number of nitrogens with one attached hydrogen (secondary N) is 2. The molecule has 2 aromatic carbocycles. The number of aryl methyl sites for hydroxylation is 1. The molecule has 172 valence electrons. The van der Waals surface area contributed by atoms with Gasteiger partial charge >= 0.3 is 0 Å². The number of nitrogens with two attached hydrogens (primary N) is 1. The normalized spacial score (nSPS) is 15.2. The Labute approximate surface area is 206 Å². The first kappa shape index (κ1) is 22.3. The van der Waals surface area contributed by atoms with Crippen molar-refractivity contribution in [1.29, 1.82) is 0 Å². The van der Waals surface area contributed by atoms with Gasteiger partial charge in [-0.05, 0) is 59.9 Å². The number of carbonyl (C=O) groups is 1. The summed E-state index contributed by atoms with van der Waals surface area (Å²) in [5.41, 5.74) is 10.9. The van der Waals surface area contributed by atoms with E-state index in [0.717, 1.165) is 53.3 Å². The molecular weight excluding hydrogens is 466 g/mol. The molecule has 3 heterocycles. The van der Waals surface area contributed by atoms with Crippen LogP contribution in [0.5, 0.6) is 0 Å². The van der Waals surface area contributed by atoms with Crippen LogP contribution in [0.2, 0.25) is 0 Å². The number of nitrogens with zero attached hydrogens (tertiary/aromatic N) is 4. The highest BCUT2D eigenvalue weighted by Crippen LogP contribution is 2.34. The Hall–Kier alpha value is -3.50. The number of hydrogen-bond donors (Lipinski definition) is 3. The minimum absolute atomic E-state index is 0.0310. The first-order chi connectivity index (χ1) is 16.6. The van der Waals surface area contributed by atoms with Crippen LogP contribution in [-0.2, 0) is 11.2 Å². The number of fused-ring (bicyclic) bond motifs is 1. The van der Waals surface area contributed by atoms with Gasteiger partial charge in [0.2, 0.25) is 0 Å². The van der Waals surface area contributed by atoms with Crippen molar-refractivity contribution in [3.8, 4) is 11.1 Å². The molecule has 0 atom stereocenters. The number of thiocarbonyl (C=S) groups is 1. The number of hydrogen-bond acceptors (Lipinski definition) is 7.